The summed E-state index contributed by atoms with van der Waals surface area (Å²) in [5, 5.41) is 17.2. The number of carbonyl (C=O) groups excluding carboxylic acids is 1. The van der Waals surface area contributed by atoms with Gasteiger partial charge >= 0.3 is 0 Å². The Morgan fingerprint density at radius 3 is 2.41 bits per heavy atom. The Morgan fingerprint density at radius 1 is 1.03 bits per heavy atom. The van der Waals surface area contributed by atoms with Crippen molar-refractivity contribution in [2.75, 3.05) is 30.4 Å². The zero-order valence-electron chi connectivity index (χ0n) is 21.6. The number of hydrogen-bond donors (Lipinski definition) is 2. The molecule has 10 heteroatoms. The molecule has 194 valence electrons. The third kappa shape index (κ3) is 4.29. The van der Waals surface area contributed by atoms with Crippen molar-refractivity contribution in [1.82, 2.24) is 24.9 Å². The van der Waals surface area contributed by atoms with Gasteiger partial charge < -0.3 is 20.3 Å². The van der Waals surface area contributed by atoms with Crippen LogP contribution in [0.25, 0.3) is 21.8 Å². The minimum absolute atomic E-state index is 0.0735. The number of methoxy groups -OCH3 is 1. The lowest BCUT2D eigenvalue weighted by molar-refractivity contribution is 0.102. The van der Waals surface area contributed by atoms with Crippen LogP contribution in [0.15, 0.2) is 24.5 Å². The molecule has 37 heavy (non-hydrogen) atoms. The lowest BCUT2D eigenvalue weighted by Crippen LogP contribution is -2.43. The van der Waals surface area contributed by atoms with E-state index in [0.29, 0.717) is 29.0 Å². The van der Waals surface area contributed by atoms with Crippen LogP contribution in [0, 0.1) is 12.7 Å². The number of halogens is 1. The van der Waals surface area contributed by atoms with Crippen LogP contribution in [0.2, 0.25) is 0 Å². The lowest BCUT2D eigenvalue weighted by Gasteiger charge is -2.34. The topological polar surface area (TPSA) is 89.2 Å². The summed E-state index contributed by atoms with van der Waals surface area (Å²) >= 11 is 0. The molecule has 1 aliphatic heterocycles. The fourth-order valence-electron chi connectivity index (χ4n) is 5.57. The molecule has 2 aliphatic rings. The van der Waals surface area contributed by atoms with E-state index in [1.807, 2.05) is 26.4 Å². The van der Waals surface area contributed by atoms with E-state index < -0.39 is 11.7 Å². The molecule has 1 saturated heterocycles. The first-order chi connectivity index (χ1) is 17.8. The summed E-state index contributed by atoms with van der Waals surface area (Å²) in [5.74, 6) is -0.660. The van der Waals surface area contributed by atoms with Gasteiger partial charge in [-0.25, -0.2) is 4.39 Å². The maximum Gasteiger partial charge on any atom is 0.261 e. The van der Waals surface area contributed by atoms with Crippen LogP contribution < -0.4 is 20.3 Å². The van der Waals surface area contributed by atoms with Gasteiger partial charge in [0.05, 0.1) is 24.0 Å². The monoisotopic (exact) mass is 505 g/mol. The van der Waals surface area contributed by atoms with Gasteiger partial charge in [-0.1, -0.05) is 0 Å². The molecular formula is C27H32FN7O2. The number of anilines is 2. The molecular weight excluding hydrogens is 473 g/mol. The number of piperidine rings is 1. The highest BCUT2D eigenvalue weighted by molar-refractivity contribution is 6.15. The first kappa shape index (κ1) is 23.7. The Kier molecular flexibility index (Phi) is 5.78. The summed E-state index contributed by atoms with van der Waals surface area (Å²) in [6, 6.07) is 4.48. The van der Waals surface area contributed by atoms with Gasteiger partial charge in [-0.2, -0.15) is 10.2 Å². The second-order valence-electron chi connectivity index (χ2n) is 10.3. The molecule has 4 aromatic rings. The van der Waals surface area contributed by atoms with Crippen LogP contribution in [0.4, 0.5) is 15.8 Å². The van der Waals surface area contributed by atoms with E-state index in [1.54, 1.807) is 29.6 Å². The van der Waals surface area contributed by atoms with Gasteiger partial charge in [-0.05, 0) is 44.7 Å². The normalized spacial score (nSPS) is 16.6. The third-order valence-corrected chi connectivity index (χ3v) is 7.50. The van der Waals surface area contributed by atoms with Crippen molar-refractivity contribution in [1.29, 1.82) is 0 Å². The molecule has 2 N–H and O–H groups in total. The van der Waals surface area contributed by atoms with E-state index in [4.69, 9.17) is 4.74 Å². The largest absolute Gasteiger partial charge is 0.494 e. The van der Waals surface area contributed by atoms with Crippen LogP contribution in [-0.4, -0.2) is 57.8 Å². The molecule has 3 heterocycles. The summed E-state index contributed by atoms with van der Waals surface area (Å²) in [5.41, 5.74) is 3.11. The predicted octanol–water partition coefficient (Wildman–Crippen LogP) is 3.89. The molecule has 9 nitrogen and oxygen atoms in total. The van der Waals surface area contributed by atoms with Gasteiger partial charge in [0.15, 0.2) is 0 Å². The maximum absolute atomic E-state index is 15.7. The van der Waals surface area contributed by atoms with E-state index >= 15 is 4.39 Å². The number of amides is 1. The fraction of sp³-hybridized carbons (Fsp3) is 0.444. The number of benzene rings is 2. The minimum atomic E-state index is -0.588. The Bertz CT molecular complexity index is 1510. The highest BCUT2D eigenvalue weighted by atomic mass is 19.1. The number of nitrogens with zero attached hydrogens (tertiary/aromatic N) is 5. The Morgan fingerprint density at radius 2 is 1.70 bits per heavy atom. The quantitative estimate of drug-likeness (QED) is 0.413. The average molecular weight is 506 g/mol. The Hall–Kier alpha value is -3.66. The van der Waals surface area contributed by atoms with Gasteiger partial charge in [0.2, 0.25) is 0 Å². The zero-order valence-corrected chi connectivity index (χ0v) is 21.6. The van der Waals surface area contributed by atoms with Crippen LogP contribution in [0.5, 0.6) is 5.75 Å². The molecule has 2 fully saturated rings. The summed E-state index contributed by atoms with van der Waals surface area (Å²) in [6.07, 6.45) is 8.30. The predicted molar refractivity (Wildman–Crippen MR) is 142 cm³/mol. The number of rotatable bonds is 6. The van der Waals surface area contributed by atoms with Crippen molar-refractivity contribution in [2.24, 2.45) is 14.1 Å². The van der Waals surface area contributed by atoms with Crippen LogP contribution in [0.3, 0.4) is 0 Å². The molecule has 0 spiro atoms. The van der Waals surface area contributed by atoms with Gasteiger partial charge in [-0.15, -0.1) is 0 Å². The van der Waals surface area contributed by atoms with Crippen LogP contribution in [0.1, 0.15) is 41.6 Å². The molecule has 6 rings (SSSR count). The summed E-state index contributed by atoms with van der Waals surface area (Å²) in [7, 11) is 5.17. The summed E-state index contributed by atoms with van der Waals surface area (Å²) < 4.78 is 24.6. The number of ether oxygens (including phenoxy) is 1. The molecule has 1 amide bonds. The van der Waals surface area contributed by atoms with E-state index in [9.17, 15) is 4.79 Å². The highest BCUT2D eigenvalue weighted by Crippen LogP contribution is 2.37. The molecule has 1 aliphatic carbocycles. The summed E-state index contributed by atoms with van der Waals surface area (Å²) in [4.78, 5) is 15.7. The van der Waals surface area contributed by atoms with Crippen LogP contribution in [-0.2, 0) is 14.1 Å². The molecule has 0 radical (unpaired) electrons. The number of hydrogen-bond acceptors (Lipinski definition) is 6. The number of fused-ring (bicyclic) bond motifs is 2. The molecule has 2 aromatic heterocycles. The minimum Gasteiger partial charge on any atom is -0.494 e. The van der Waals surface area contributed by atoms with Crippen molar-refractivity contribution in [3.8, 4) is 5.75 Å². The summed E-state index contributed by atoms with van der Waals surface area (Å²) in [6.45, 7) is 3.56. The standard InChI is InChI=1S/C27H32FN7O2/c1-15-24-16(13-33(2)31-24)11-21(26(15)37-4)30-27(36)23-20(28)12-22(19-14-34(3)32-25(19)23)35-9-7-18(8-10-35)29-17-5-6-17/h11-14,17-18,29H,5-10H2,1-4H3,(H,30,36). The second-order valence-corrected chi connectivity index (χ2v) is 10.3. The van der Waals surface area contributed by atoms with Crippen molar-refractivity contribution >= 4 is 39.1 Å². The first-order valence-corrected chi connectivity index (χ1v) is 12.8. The molecule has 0 bridgehead atoms. The van der Waals surface area contributed by atoms with Gasteiger partial charge in [-0.3, -0.25) is 14.2 Å². The van der Waals surface area contributed by atoms with Crippen molar-refractivity contribution in [3.05, 3.63) is 41.5 Å². The average Bonchev–Trinajstić information content (AvgIpc) is 3.47. The van der Waals surface area contributed by atoms with E-state index in [-0.39, 0.29) is 5.56 Å². The third-order valence-electron chi connectivity index (χ3n) is 7.50. The Labute approximate surface area is 214 Å². The second kappa shape index (κ2) is 9.02. The lowest BCUT2D eigenvalue weighted by atomic mass is 10.0. The number of carbonyl (C=O) groups is 1. The molecule has 2 aromatic carbocycles. The number of aromatic nitrogens is 4. The highest BCUT2D eigenvalue weighted by Gasteiger charge is 2.29. The van der Waals surface area contributed by atoms with Crippen molar-refractivity contribution in [3.63, 3.8) is 0 Å². The van der Waals surface area contributed by atoms with E-state index in [0.717, 1.165) is 53.5 Å². The van der Waals surface area contributed by atoms with Gasteiger partial charge in [0.1, 0.15) is 22.6 Å². The fourth-order valence-corrected chi connectivity index (χ4v) is 5.57. The molecule has 0 unspecified atom stereocenters. The van der Waals surface area contributed by atoms with Crippen molar-refractivity contribution < 1.29 is 13.9 Å². The Balaban J connectivity index is 1.33. The van der Waals surface area contributed by atoms with Gasteiger partial charge in [0.25, 0.3) is 5.91 Å². The molecule has 0 atom stereocenters. The molecule has 1 saturated carbocycles. The van der Waals surface area contributed by atoms with E-state index in [1.165, 1.54) is 18.9 Å². The van der Waals surface area contributed by atoms with E-state index in [2.05, 4.69) is 25.7 Å². The first-order valence-electron chi connectivity index (χ1n) is 12.8. The van der Waals surface area contributed by atoms with Crippen LogP contribution >= 0.6 is 0 Å². The zero-order chi connectivity index (χ0) is 25.8. The van der Waals surface area contributed by atoms with Gasteiger partial charge in [0, 0.05) is 68.0 Å². The maximum atomic E-state index is 15.7. The van der Waals surface area contributed by atoms with Crippen molar-refractivity contribution in [2.45, 2.75) is 44.7 Å². The SMILES string of the molecule is COc1c(NC(=O)c2c(F)cc(N3CCC(NC4CC4)CC3)c3cn(C)nc23)cc2cn(C)nc2c1C. The number of aryl methyl sites for hydroxylation is 3. The smallest absolute Gasteiger partial charge is 0.261 e. The number of nitrogens with one attached hydrogen (secondary N) is 2.